The first-order valence-corrected chi connectivity index (χ1v) is 20.3. The van der Waals surface area contributed by atoms with Gasteiger partial charge in [-0.25, -0.2) is 22.2 Å². The van der Waals surface area contributed by atoms with E-state index in [2.05, 4.69) is 32.3 Å². The van der Waals surface area contributed by atoms with Crippen LogP contribution >= 0.6 is 11.6 Å². The summed E-state index contributed by atoms with van der Waals surface area (Å²) in [6.45, 7) is 0.957. The van der Waals surface area contributed by atoms with Crippen LogP contribution in [0, 0.1) is 29.4 Å². The number of carbonyl (C=O) groups is 1. The van der Waals surface area contributed by atoms with Gasteiger partial charge in [-0.3, -0.25) is 14.2 Å². The number of carbonyl (C=O) groups excluding carboxylic acids is 1. The van der Waals surface area contributed by atoms with Crippen molar-refractivity contribution in [2.75, 3.05) is 12.0 Å². The maximum Gasteiger partial charge on any atom is 0.435 e. The smallest absolute Gasteiger partial charge is 0.382 e. The number of hydrogen-bond acceptors (Lipinski definition) is 7. The van der Waals surface area contributed by atoms with Crippen LogP contribution in [0.5, 0.6) is 0 Å². The van der Waals surface area contributed by atoms with Crippen LogP contribution in [0.2, 0.25) is 5.02 Å². The lowest BCUT2D eigenvalue weighted by Gasteiger charge is -2.23. The second-order valence-electron chi connectivity index (χ2n) is 15.8. The monoisotopic (exact) mass is 903 g/mol. The Morgan fingerprint density at radius 2 is 1.66 bits per heavy atom. The number of nitrogen functional groups attached to an aromatic ring is 1. The molecule has 10 nitrogen and oxygen atoms in total. The van der Waals surface area contributed by atoms with Crippen LogP contribution < -0.4 is 11.1 Å². The molecule has 5 aromatic rings. The average Bonchev–Trinajstić information content (AvgIpc) is 3.40. The minimum Gasteiger partial charge on any atom is -0.382 e. The number of nitrogens with one attached hydrogen (secondary N) is 1. The molecule has 0 radical (unpaired) electrons. The van der Waals surface area contributed by atoms with Crippen LogP contribution in [0.15, 0.2) is 42.5 Å². The fourth-order valence-corrected chi connectivity index (χ4v) is 8.19. The van der Waals surface area contributed by atoms with Crippen molar-refractivity contribution in [1.29, 1.82) is 0 Å². The van der Waals surface area contributed by atoms with Crippen LogP contribution in [0.1, 0.15) is 67.1 Å². The molecule has 1 unspecified atom stereocenters. The molecule has 3 N–H and O–H groups in total. The van der Waals surface area contributed by atoms with E-state index in [0.717, 1.165) is 18.4 Å². The van der Waals surface area contributed by atoms with Gasteiger partial charge in [-0.05, 0) is 68.5 Å². The summed E-state index contributed by atoms with van der Waals surface area (Å²) in [5.41, 5.74) is 0.0129. The molecule has 2 aromatic carbocycles. The summed E-state index contributed by atoms with van der Waals surface area (Å²) in [6.07, 6.45) is -9.91. The van der Waals surface area contributed by atoms with Crippen LogP contribution in [0.4, 0.5) is 49.7 Å². The Hall–Kier alpha value is -5.36. The van der Waals surface area contributed by atoms with Gasteiger partial charge in [0, 0.05) is 40.3 Å². The summed E-state index contributed by atoms with van der Waals surface area (Å²) in [4.78, 5) is 18.5. The van der Waals surface area contributed by atoms with Gasteiger partial charge in [-0.1, -0.05) is 30.5 Å². The molecule has 324 valence electrons. The summed E-state index contributed by atoms with van der Waals surface area (Å²) < 4.78 is 169. The van der Waals surface area contributed by atoms with Gasteiger partial charge in [-0.2, -0.15) is 45.3 Å². The van der Waals surface area contributed by atoms with Crippen LogP contribution in [-0.2, 0) is 51.7 Å². The predicted molar refractivity (Wildman–Crippen MR) is 202 cm³/mol. The Bertz CT molecular complexity index is 2810. The molecule has 1 saturated carbocycles. The molecule has 22 heteroatoms. The SMILES string of the molecule is CC(C)(C#Cc1ccc(-c2ccc(Cl)c3c(N)nn(CC(F)(F)F)c23)c(C(Cc2cc(F)cc(F)c2)NC(=O)Cn2nc(C(F)(F)F)c3c2C(F)(F)[C@@H]2C[C@]32C)n1)S(C)(=O)=O. The number of hydrogen-bond donors (Lipinski definition) is 2. The van der Waals surface area contributed by atoms with Gasteiger partial charge in [0.25, 0.3) is 5.92 Å². The lowest BCUT2D eigenvalue weighted by atomic mass is 9.93. The zero-order valence-corrected chi connectivity index (χ0v) is 33.7. The minimum absolute atomic E-state index is 0.0807. The Morgan fingerprint density at radius 3 is 2.26 bits per heavy atom. The predicted octanol–water partition coefficient (Wildman–Crippen LogP) is 8.05. The number of nitrogens with two attached hydrogens (primary N) is 1. The molecular weight excluding hydrogens is 872 g/mol. The highest BCUT2D eigenvalue weighted by atomic mass is 35.5. The first kappa shape index (κ1) is 43.7. The number of sulfone groups is 1. The van der Waals surface area contributed by atoms with E-state index in [1.165, 1.54) is 45.0 Å². The number of nitrogens with zero attached hydrogens (tertiary/aromatic N) is 5. The van der Waals surface area contributed by atoms with E-state index >= 15 is 8.78 Å². The van der Waals surface area contributed by atoms with E-state index in [9.17, 15) is 48.3 Å². The Labute approximate surface area is 345 Å². The van der Waals surface area contributed by atoms with Gasteiger partial charge in [0.2, 0.25) is 5.91 Å². The minimum atomic E-state index is -5.18. The van der Waals surface area contributed by atoms with Crippen molar-refractivity contribution >= 4 is 44.1 Å². The second kappa shape index (κ2) is 14.4. The highest BCUT2D eigenvalue weighted by Gasteiger charge is 2.75. The molecule has 1 fully saturated rings. The Balaban J connectivity index is 1.42. The number of anilines is 1. The number of halogens is 11. The van der Waals surface area contributed by atoms with Gasteiger partial charge in [0.1, 0.15) is 40.9 Å². The van der Waals surface area contributed by atoms with Gasteiger partial charge in [-0.15, -0.1) is 0 Å². The molecule has 7 rings (SSSR count). The van der Waals surface area contributed by atoms with Crippen LogP contribution in [0.3, 0.4) is 0 Å². The molecule has 3 atom stereocenters. The molecule has 2 aliphatic rings. The maximum atomic E-state index is 15.6. The first-order chi connectivity index (χ1) is 28.0. The van der Waals surface area contributed by atoms with Crippen LogP contribution in [-0.4, -0.2) is 56.0 Å². The summed E-state index contributed by atoms with van der Waals surface area (Å²) in [5, 5.41) is 9.51. The fraction of sp³-hybridized carbons (Fsp3) is 0.385. The summed E-state index contributed by atoms with van der Waals surface area (Å²) in [7, 11) is -3.80. The third-order valence-corrected chi connectivity index (χ3v) is 13.2. The molecule has 3 aromatic heterocycles. The molecule has 0 aliphatic heterocycles. The molecular formula is C39H32ClF10N7O3S. The van der Waals surface area contributed by atoms with E-state index in [1.807, 2.05) is 0 Å². The quantitative estimate of drug-likeness (QED) is 0.113. The van der Waals surface area contributed by atoms with Crippen molar-refractivity contribution in [3.05, 3.63) is 93.0 Å². The first-order valence-electron chi connectivity index (χ1n) is 18.1. The van der Waals surface area contributed by atoms with Crippen molar-refractivity contribution in [2.45, 2.75) is 81.2 Å². The van der Waals surface area contributed by atoms with Crippen molar-refractivity contribution in [3.8, 4) is 23.0 Å². The normalized spacial score (nSPS) is 19.0. The number of alkyl halides is 8. The second-order valence-corrected chi connectivity index (χ2v) is 18.7. The fourth-order valence-electron chi connectivity index (χ4n) is 7.70. The van der Waals surface area contributed by atoms with Gasteiger partial charge < -0.3 is 11.1 Å². The molecule has 61 heavy (non-hydrogen) atoms. The van der Waals surface area contributed by atoms with E-state index in [-0.39, 0.29) is 55.1 Å². The number of rotatable bonds is 9. The third kappa shape index (κ3) is 7.99. The number of benzene rings is 2. The lowest BCUT2D eigenvalue weighted by molar-refractivity contribution is -0.143. The maximum absolute atomic E-state index is 15.6. The Morgan fingerprint density at radius 1 is 1.02 bits per heavy atom. The van der Waals surface area contributed by atoms with Gasteiger partial charge in [0.05, 0.1) is 27.7 Å². The zero-order valence-electron chi connectivity index (χ0n) is 32.1. The molecule has 2 aliphatic carbocycles. The Kier molecular flexibility index (Phi) is 10.3. The van der Waals surface area contributed by atoms with Crippen molar-refractivity contribution in [2.24, 2.45) is 5.92 Å². The molecule has 3 heterocycles. The third-order valence-electron chi connectivity index (χ3n) is 10.9. The lowest BCUT2D eigenvalue weighted by Crippen LogP contribution is -2.35. The van der Waals surface area contributed by atoms with Crippen LogP contribution in [0.25, 0.3) is 22.0 Å². The largest absolute Gasteiger partial charge is 0.435 e. The van der Waals surface area contributed by atoms with Crippen molar-refractivity contribution in [3.63, 3.8) is 0 Å². The number of amides is 1. The summed E-state index contributed by atoms with van der Waals surface area (Å²) in [6, 6.07) is 5.78. The number of pyridine rings is 1. The van der Waals surface area contributed by atoms with Crippen molar-refractivity contribution in [1.82, 2.24) is 29.9 Å². The number of fused-ring (bicyclic) bond motifs is 4. The molecule has 0 bridgehead atoms. The molecule has 0 saturated heterocycles. The molecule has 1 amide bonds. The van der Waals surface area contributed by atoms with E-state index in [0.29, 0.717) is 10.7 Å². The van der Waals surface area contributed by atoms with Gasteiger partial charge >= 0.3 is 12.4 Å². The standard InChI is InChI=1S/C39H32ClF10N7O3S/c1-35(2,61(4,59)60)10-9-21-5-6-22(23-7-8-24(40)28-31(23)57(55-34(28)51)17-37(43,44)45)30(52-21)25(13-18-11-19(41)14-20(42)12-18)53-27(58)16-56-33-29(32(54-56)39(48,49)50)36(3)15-26(36)38(33,46)47/h5-8,11-12,14,25-26H,13,15-17H2,1-4H3,(H2,51,55)(H,53,58)/t25?,26-,36+/m1/s1. The highest BCUT2D eigenvalue weighted by molar-refractivity contribution is 7.92. The molecule has 0 spiro atoms. The van der Waals surface area contributed by atoms with E-state index < -0.39 is 110 Å². The van der Waals surface area contributed by atoms with E-state index in [1.54, 1.807) is 0 Å². The average molecular weight is 904 g/mol. The summed E-state index contributed by atoms with van der Waals surface area (Å²) >= 11 is 6.39. The summed E-state index contributed by atoms with van der Waals surface area (Å²) in [5.74, 6) is -3.86. The highest BCUT2D eigenvalue weighted by Crippen LogP contribution is 2.72. The number of aromatic nitrogens is 5. The van der Waals surface area contributed by atoms with Gasteiger partial charge in [0.15, 0.2) is 21.3 Å². The topological polar surface area (TPSA) is 138 Å². The van der Waals surface area contributed by atoms with Crippen molar-refractivity contribution < 1.29 is 57.1 Å². The zero-order chi connectivity index (χ0) is 45.0. The van der Waals surface area contributed by atoms with E-state index in [4.69, 9.17) is 17.3 Å².